The van der Waals surface area contributed by atoms with Gasteiger partial charge < -0.3 is 0 Å². The molecule has 0 spiro atoms. The molecule has 0 aromatic heterocycles. The molecule has 6 aromatic rings. The zero-order valence-corrected chi connectivity index (χ0v) is 29.8. The third-order valence-electron chi connectivity index (χ3n) is 7.42. The molecule has 0 bridgehead atoms. The SMILES string of the molecule is CC(C)(C)c1ccc2c(c1)[cH-]c1cc(C(C)(C)C)ccc12.C[Si](C)=[Zr+2].Cc1cc2c(-c3ccccc3)cccc2[cH-]1. The minimum atomic E-state index is 0.203. The van der Waals surface area contributed by atoms with E-state index in [4.69, 9.17) is 0 Å². The van der Waals surface area contributed by atoms with Crippen molar-refractivity contribution < 1.29 is 23.3 Å². The molecule has 0 amide bonds. The van der Waals surface area contributed by atoms with Gasteiger partial charge in [-0.2, -0.15) is 6.07 Å². The van der Waals surface area contributed by atoms with E-state index in [1.807, 2.05) is 0 Å². The van der Waals surface area contributed by atoms with Gasteiger partial charge in [-0.3, -0.25) is 0 Å². The fourth-order valence-electron chi connectivity index (χ4n) is 5.21. The molecule has 0 atom stereocenters. The fourth-order valence-corrected chi connectivity index (χ4v) is 5.21. The van der Waals surface area contributed by atoms with E-state index in [0.29, 0.717) is 0 Å². The minimum Gasteiger partial charge on any atom is -0.165 e. The molecule has 0 aliphatic heterocycles. The minimum absolute atomic E-state index is 0.203. The van der Waals surface area contributed by atoms with E-state index in [2.05, 4.69) is 165 Å². The van der Waals surface area contributed by atoms with Crippen LogP contribution in [-0.4, -0.2) is 5.43 Å². The monoisotopic (exact) mass is 630 g/mol. The van der Waals surface area contributed by atoms with Crippen LogP contribution in [0.25, 0.3) is 43.4 Å². The molecule has 0 saturated heterocycles. The second-order valence-electron chi connectivity index (χ2n) is 13.5. The Balaban J connectivity index is 0.000000172. The molecule has 0 radical (unpaired) electrons. The average molecular weight is 632 g/mol. The Morgan fingerprint density at radius 3 is 1.56 bits per heavy atom. The van der Waals surface area contributed by atoms with Crippen molar-refractivity contribution in [2.24, 2.45) is 0 Å². The number of aryl methyl sites for hydroxylation is 1. The number of benzene rings is 4. The van der Waals surface area contributed by atoms with Crippen molar-refractivity contribution in [3.05, 3.63) is 120 Å². The Labute approximate surface area is 262 Å². The van der Waals surface area contributed by atoms with Gasteiger partial charge >= 0.3 is 41.9 Å². The molecule has 208 valence electrons. The first-order chi connectivity index (χ1) is 19.2. The summed E-state index contributed by atoms with van der Waals surface area (Å²) in [5.74, 6) is 0. The van der Waals surface area contributed by atoms with Crippen molar-refractivity contribution in [3.63, 3.8) is 0 Å². The van der Waals surface area contributed by atoms with Crippen LogP contribution in [0.5, 0.6) is 0 Å². The molecule has 41 heavy (non-hydrogen) atoms. The molecular weight excluding hydrogens is 588 g/mol. The van der Waals surface area contributed by atoms with Gasteiger partial charge in [0.2, 0.25) is 0 Å². The van der Waals surface area contributed by atoms with Crippen molar-refractivity contribution in [2.75, 3.05) is 0 Å². The number of rotatable bonds is 1. The normalized spacial score (nSPS) is 11.7. The summed E-state index contributed by atoms with van der Waals surface area (Å²) in [7, 11) is 0. The molecule has 0 unspecified atom stereocenters. The number of hydrogen-bond acceptors (Lipinski definition) is 0. The fraction of sp³-hybridized carbons (Fsp3) is 0.282. The summed E-state index contributed by atoms with van der Waals surface area (Å²) in [6, 6.07) is 37.7. The van der Waals surface area contributed by atoms with E-state index >= 15 is 0 Å². The van der Waals surface area contributed by atoms with E-state index in [1.54, 1.807) is 23.3 Å². The molecular formula is C39H44SiZr. The zero-order valence-electron chi connectivity index (χ0n) is 26.3. The van der Waals surface area contributed by atoms with Crippen LogP contribution in [0, 0.1) is 6.92 Å². The van der Waals surface area contributed by atoms with E-state index in [9.17, 15) is 0 Å². The van der Waals surface area contributed by atoms with Crippen LogP contribution in [0.4, 0.5) is 0 Å². The van der Waals surface area contributed by atoms with Crippen LogP contribution >= 0.6 is 0 Å². The second kappa shape index (κ2) is 12.8. The van der Waals surface area contributed by atoms with Gasteiger partial charge in [0, 0.05) is 0 Å². The van der Waals surface area contributed by atoms with Crippen molar-refractivity contribution in [3.8, 4) is 11.1 Å². The largest absolute Gasteiger partial charge is 0.165 e. The van der Waals surface area contributed by atoms with Gasteiger partial charge in [-0.1, -0.05) is 126 Å². The van der Waals surface area contributed by atoms with Crippen LogP contribution in [-0.2, 0) is 34.2 Å². The summed E-state index contributed by atoms with van der Waals surface area (Å²) < 4.78 is 0. The van der Waals surface area contributed by atoms with Crippen LogP contribution in [0.2, 0.25) is 13.1 Å². The summed E-state index contributed by atoms with van der Waals surface area (Å²) in [4.78, 5) is 0. The van der Waals surface area contributed by atoms with Gasteiger partial charge in [0.25, 0.3) is 0 Å². The standard InChI is InChI=1S/C21H25.C16H13.C2H6Si.Zr/c1-20(2,3)16-7-9-18-14(12-16)11-15-13-17(21(4,5)6)8-10-19(15)18;1-12-10-14-8-5-9-15(16(14)11-12)13-6-3-2-4-7-13;1-3-2;/h7-13H,1-6H3;2-11H,1H3;1-2H3;/q2*-1;;+2. The van der Waals surface area contributed by atoms with Crippen molar-refractivity contribution in [1.29, 1.82) is 0 Å². The summed E-state index contributed by atoms with van der Waals surface area (Å²) >= 11 is 1.74. The van der Waals surface area contributed by atoms with Gasteiger partial charge in [-0.25, -0.2) is 0 Å². The van der Waals surface area contributed by atoms with Gasteiger partial charge in [0.15, 0.2) is 0 Å². The molecule has 0 saturated carbocycles. The van der Waals surface area contributed by atoms with E-state index in [-0.39, 0.29) is 16.3 Å². The molecule has 2 heteroatoms. The van der Waals surface area contributed by atoms with Crippen LogP contribution in [0.1, 0.15) is 58.2 Å². The molecule has 0 nitrogen and oxygen atoms in total. The summed E-state index contributed by atoms with van der Waals surface area (Å²) in [5, 5.41) is 8.16. The van der Waals surface area contributed by atoms with Crippen LogP contribution in [0.15, 0.2) is 103 Å². The molecule has 6 rings (SSSR count). The maximum atomic E-state index is 2.35. The smallest absolute Gasteiger partial charge is 0.0279 e. The van der Waals surface area contributed by atoms with E-state index in [1.165, 1.54) is 60.1 Å². The Morgan fingerprint density at radius 2 is 1.07 bits per heavy atom. The van der Waals surface area contributed by atoms with Crippen LogP contribution < -0.4 is 0 Å². The molecule has 0 N–H and O–H groups in total. The van der Waals surface area contributed by atoms with Gasteiger partial charge in [0.1, 0.15) is 0 Å². The Hall–Kier alpha value is -2.54. The topological polar surface area (TPSA) is 0 Å². The van der Waals surface area contributed by atoms with Crippen molar-refractivity contribution >= 4 is 37.8 Å². The van der Waals surface area contributed by atoms with Crippen LogP contribution in [0.3, 0.4) is 0 Å². The first kappa shape index (κ1) is 31.4. The predicted molar refractivity (Wildman–Crippen MR) is 182 cm³/mol. The maximum Gasteiger partial charge on any atom is -0.0279 e. The summed E-state index contributed by atoms with van der Waals surface area (Å²) in [5.41, 5.74) is 7.37. The molecule has 0 aliphatic rings. The first-order valence-electron chi connectivity index (χ1n) is 14.6. The van der Waals surface area contributed by atoms with E-state index in [0.717, 1.165) is 0 Å². The quantitative estimate of drug-likeness (QED) is 0.125. The predicted octanol–water partition coefficient (Wildman–Crippen LogP) is 11.6. The van der Waals surface area contributed by atoms with Crippen molar-refractivity contribution in [2.45, 2.75) is 72.4 Å². The number of hydrogen-bond donors (Lipinski definition) is 0. The van der Waals surface area contributed by atoms with Crippen molar-refractivity contribution in [1.82, 2.24) is 0 Å². The average Bonchev–Trinajstić information content (AvgIpc) is 3.46. The third kappa shape index (κ3) is 7.85. The Bertz CT molecular complexity index is 1710. The van der Waals surface area contributed by atoms with E-state index < -0.39 is 0 Å². The number of fused-ring (bicyclic) bond motifs is 4. The zero-order chi connectivity index (χ0) is 29.9. The maximum absolute atomic E-state index is 2.35. The molecule has 0 aliphatic carbocycles. The Morgan fingerprint density at radius 1 is 0.561 bits per heavy atom. The first-order valence-corrected chi connectivity index (χ1v) is 20.8. The summed E-state index contributed by atoms with van der Waals surface area (Å²) in [6.07, 6.45) is 0. The summed E-state index contributed by atoms with van der Waals surface area (Å²) in [6.45, 7) is 20.4. The second-order valence-corrected chi connectivity index (χ2v) is 22.8. The molecule has 0 fully saturated rings. The van der Waals surface area contributed by atoms with Gasteiger partial charge in [-0.15, -0.1) is 74.3 Å². The van der Waals surface area contributed by atoms with Gasteiger partial charge in [-0.05, 0) is 16.4 Å². The van der Waals surface area contributed by atoms with Gasteiger partial charge in [0.05, 0.1) is 0 Å². The Kier molecular flexibility index (Phi) is 9.77. The molecule has 6 aromatic carbocycles. The third-order valence-corrected chi connectivity index (χ3v) is 7.42. The molecule has 0 heterocycles.